The Hall–Kier alpha value is -2.24. The van der Waals surface area contributed by atoms with Gasteiger partial charge in [0.05, 0.1) is 0 Å². The van der Waals surface area contributed by atoms with Crippen LogP contribution in [-0.4, -0.2) is 27.0 Å². The van der Waals surface area contributed by atoms with Gasteiger partial charge >= 0.3 is 0 Å². The van der Waals surface area contributed by atoms with Crippen molar-refractivity contribution >= 4 is 17.1 Å². The first-order valence-electron chi connectivity index (χ1n) is 8.89. The van der Waals surface area contributed by atoms with E-state index in [9.17, 15) is 9.59 Å². The Morgan fingerprint density at radius 1 is 1.21 bits per heavy atom. The number of nitrogens with zero attached hydrogens (tertiary/aromatic N) is 3. The SMILES string of the molecule is O=C(NCC1CCCCC1)c1nc2cccnc2n(C2CC2)c1=O. The zero-order chi connectivity index (χ0) is 16.5. The summed E-state index contributed by atoms with van der Waals surface area (Å²) in [6.45, 7) is 0.633. The molecule has 4 rings (SSSR count). The number of rotatable bonds is 4. The molecule has 1 amide bonds. The summed E-state index contributed by atoms with van der Waals surface area (Å²) in [4.78, 5) is 33.9. The van der Waals surface area contributed by atoms with Crippen LogP contribution in [0.4, 0.5) is 0 Å². The van der Waals surface area contributed by atoms with Gasteiger partial charge in [0, 0.05) is 18.8 Å². The fourth-order valence-electron chi connectivity index (χ4n) is 3.57. The van der Waals surface area contributed by atoms with Crippen molar-refractivity contribution in [3.05, 3.63) is 34.4 Å². The van der Waals surface area contributed by atoms with Gasteiger partial charge < -0.3 is 5.32 Å². The first-order chi connectivity index (χ1) is 11.7. The molecule has 0 radical (unpaired) electrons. The van der Waals surface area contributed by atoms with E-state index in [-0.39, 0.29) is 23.2 Å². The molecule has 2 aliphatic carbocycles. The molecule has 0 unspecified atom stereocenters. The van der Waals surface area contributed by atoms with Gasteiger partial charge in [0.15, 0.2) is 11.3 Å². The molecule has 2 saturated carbocycles. The van der Waals surface area contributed by atoms with E-state index in [1.807, 2.05) is 0 Å². The van der Waals surface area contributed by atoms with Crippen molar-refractivity contribution in [2.45, 2.75) is 51.0 Å². The summed E-state index contributed by atoms with van der Waals surface area (Å²) in [5, 5.41) is 2.93. The lowest BCUT2D eigenvalue weighted by atomic mass is 9.89. The van der Waals surface area contributed by atoms with Crippen LogP contribution in [0.1, 0.15) is 61.5 Å². The second-order valence-corrected chi connectivity index (χ2v) is 6.93. The Balaban J connectivity index is 1.62. The molecule has 0 aliphatic heterocycles. The third kappa shape index (κ3) is 2.92. The maximum atomic E-state index is 12.8. The van der Waals surface area contributed by atoms with Crippen molar-refractivity contribution < 1.29 is 4.79 Å². The summed E-state index contributed by atoms with van der Waals surface area (Å²) in [5.74, 6) is 0.168. The van der Waals surface area contributed by atoms with E-state index in [4.69, 9.17) is 0 Å². The summed E-state index contributed by atoms with van der Waals surface area (Å²) < 4.78 is 1.65. The molecule has 2 aromatic rings. The molecule has 2 fully saturated rings. The highest BCUT2D eigenvalue weighted by Crippen LogP contribution is 2.35. The normalized spacial score (nSPS) is 18.7. The maximum Gasteiger partial charge on any atom is 0.284 e. The highest BCUT2D eigenvalue weighted by Gasteiger charge is 2.29. The van der Waals surface area contributed by atoms with E-state index in [0.29, 0.717) is 23.6 Å². The van der Waals surface area contributed by atoms with Crippen LogP contribution in [0.5, 0.6) is 0 Å². The number of aromatic nitrogens is 3. The van der Waals surface area contributed by atoms with Crippen molar-refractivity contribution in [2.24, 2.45) is 5.92 Å². The van der Waals surface area contributed by atoms with Crippen LogP contribution in [0, 0.1) is 5.92 Å². The molecular weight excluding hydrogens is 304 g/mol. The van der Waals surface area contributed by atoms with Gasteiger partial charge in [-0.25, -0.2) is 9.97 Å². The average molecular weight is 326 g/mol. The van der Waals surface area contributed by atoms with Gasteiger partial charge in [-0.2, -0.15) is 0 Å². The van der Waals surface area contributed by atoms with Gasteiger partial charge in [0.1, 0.15) is 5.52 Å². The second kappa shape index (κ2) is 6.34. The van der Waals surface area contributed by atoms with Gasteiger partial charge in [-0.1, -0.05) is 19.3 Å². The van der Waals surface area contributed by atoms with Crippen molar-refractivity contribution in [1.29, 1.82) is 0 Å². The minimum atomic E-state index is -0.356. The fraction of sp³-hybridized carbons (Fsp3) is 0.556. The minimum absolute atomic E-state index is 0.00166. The summed E-state index contributed by atoms with van der Waals surface area (Å²) >= 11 is 0. The lowest BCUT2D eigenvalue weighted by Crippen LogP contribution is -2.37. The minimum Gasteiger partial charge on any atom is -0.350 e. The van der Waals surface area contributed by atoms with E-state index >= 15 is 0 Å². The van der Waals surface area contributed by atoms with Crippen molar-refractivity contribution in [3.63, 3.8) is 0 Å². The molecule has 0 aromatic carbocycles. The van der Waals surface area contributed by atoms with Gasteiger partial charge in [0.25, 0.3) is 11.5 Å². The second-order valence-electron chi connectivity index (χ2n) is 6.93. The number of nitrogens with one attached hydrogen (secondary N) is 1. The van der Waals surface area contributed by atoms with Crippen molar-refractivity contribution in [3.8, 4) is 0 Å². The summed E-state index contributed by atoms with van der Waals surface area (Å²) in [6, 6.07) is 3.74. The van der Waals surface area contributed by atoms with Crippen LogP contribution in [0.15, 0.2) is 23.1 Å². The van der Waals surface area contributed by atoms with Gasteiger partial charge in [-0.05, 0) is 43.7 Å². The van der Waals surface area contributed by atoms with Crippen LogP contribution in [-0.2, 0) is 0 Å². The Bertz CT molecular complexity index is 819. The first-order valence-corrected chi connectivity index (χ1v) is 8.89. The highest BCUT2D eigenvalue weighted by atomic mass is 16.2. The molecule has 126 valence electrons. The third-order valence-corrected chi connectivity index (χ3v) is 5.05. The number of carbonyl (C=O) groups excluding carboxylic acids is 1. The first kappa shape index (κ1) is 15.3. The number of pyridine rings is 1. The molecule has 0 bridgehead atoms. The van der Waals surface area contributed by atoms with Crippen molar-refractivity contribution in [1.82, 2.24) is 19.9 Å². The maximum absolute atomic E-state index is 12.8. The Kier molecular flexibility index (Phi) is 4.04. The molecule has 1 N–H and O–H groups in total. The lowest BCUT2D eigenvalue weighted by Gasteiger charge is -2.21. The van der Waals surface area contributed by atoms with E-state index < -0.39 is 0 Å². The monoisotopic (exact) mass is 326 g/mol. The van der Waals surface area contributed by atoms with Crippen LogP contribution in [0.25, 0.3) is 11.2 Å². The van der Waals surface area contributed by atoms with E-state index in [1.54, 1.807) is 22.9 Å². The zero-order valence-electron chi connectivity index (χ0n) is 13.7. The molecule has 6 heteroatoms. The molecule has 2 heterocycles. The smallest absolute Gasteiger partial charge is 0.284 e. The van der Waals surface area contributed by atoms with Crippen molar-refractivity contribution in [2.75, 3.05) is 6.54 Å². The summed E-state index contributed by atoms with van der Waals surface area (Å²) in [7, 11) is 0. The molecule has 2 aliphatic rings. The Morgan fingerprint density at radius 3 is 2.75 bits per heavy atom. The quantitative estimate of drug-likeness (QED) is 0.936. The van der Waals surface area contributed by atoms with Gasteiger partial charge in [-0.3, -0.25) is 14.2 Å². The van der Waals surface area contributed by atoms with Crippen LogP contribution < -0.4 is 10.9 Å². The third-order valence-electron chi connectivity index (χ3n) is 5.05. The molecule has 0 saturated heterocycles. The van der Waals surface area contributed by atoms with E-state index in [1.165, 1.54) is 19.3 Å². The van der Waals surface area contributed by atoms with E-state index in [2.05, 4.69) is 15.3 Å². The zero-order valence-corrected chi connectivity index (χ0v) is 13.7. The predicted molar refractivity (Wildman–Crippen MR) is 91.0 cm³/mol. The average Bonchev–Trinajstić information content (AvgIpc) is 3.45. The topological polar surface area (TPSA) is 76.9 Å². The van der Waals surface area contributed by atoms with Crippen LogP contribution in [0.2, 0.25) is 0 Å². The van der Waals surface area contributed by atoms with Gasteiger partial charge in [-0.15, -0.1) is 0 Å². The van der Waals surface area contributed by atoms with Crippen LogP contribution in [0.3, 0.4) is 0 Å². The largest absolute Gasteiger partial charge is 0.350 e. The molecule has 2 aromatic heterocycles. The number of hydrogen-bond donors (Lipinski definition) is 1. The Morgan fingerprint density at radius 2 is 2.00 bits per heavy atom. The molecule has 0 atom stereocenters. The molecule has 24 heavy (non-hydrogen) atoms. The fourth-order valence-corrected chi connectivity index (χ4v) is 3.57. The highest BCUT2D eigenvalue weighted by molar-refractivity contribution is 5.93. The standard InChI is InChI=1S/C18H22N4O2/c23-17(20-11-12-5-2-1-3-6-12)15-18(24)22(13-8-9-13)16-14(21-15)7-4-10-19-16/h4,7,10,12-13H,1-3,5-6,8-9,11H2,(H,20,23). The Labute approximate surface area is 140 Å². The lowest BCUT2D eigenvalue weighted by molar-refractivity contribution is 0.0936. The molecule has 6 nitrogen and oxygen atoms in total. The number of carbonyl (C=O) groups is 1. The number of amides is 1. The molecular formula is C18H22N4O2. The molecule has 0 spiro atoms. The van der Waals surface area contributed by atoms with Gasteiger partial charge in [0.2, 0.25) is 0 Å². The predicted octanol–water partition coefficient (Wildman–Crippen LogP) is 2.44. The number of hydrogen-bond acceptors (Lipinski definition) is 4. The summed E-state index contributed by atoms with van der Waals surface area (Å²) in [6.07, 6.45) is 9.63. The van der Waals surface area contributed by atoms with E-state index in [0.717, 1.165) is 25.7 Å². The number of fused-ring (bicyclic) bond motifs is 1. The van der Waals surface area contributed by atoms with Crippen LogP contribution >= 0.6 is 0 Å². The summed E-state index contributed by atoms with van der Waals surface area (Å²) in [5.41, 5.74) is 0.865.